The van der Waals surface area contributed by atoms with Crippen molar-refractivity contribution in [2.75, 3.05) is 31.7 Å². The third-order valence-corrected chi connectivity index (χ3v) is 5.64. The normalized spacial score (nSPS) is 14.1. The van der Waals surface area contributed by atoms with Crippen LogP contribution >= 0.6 is 15.9 Å². The number of anilines is 1. The zero-order valence-corrected chi connectivity index (χ0v) is 15.7. The number of ether oxygens (including phenoxy) is 1. The van der Waals surface area contributed by atoms with Crippen LogP contribution in [0.5, 0.6) is 0 Å². The second-order valence-electron chi connectivity index (χ2n) is 5.30. The van der Waals surface area contributed by atoms with Gasteiger partial charge in [-0.25, -0.2) is 13.1 Å². The Kier molecular flexibility index (Phi) is 6.19. The van der Waals surface area contributed by atoms with Gasteiger partial charge >= 0.3 is 0 Å². The number of hydrogen-bond donors (Lipinski definition) is 1. The van der Waals surface area contributed by atoms with Crippen LogP contribution in [0.15, 0.2) is 21.5 Å². The summed E-state index contributed by atoms with van der Waals surface area (Å²) in [6.45, 7) is 3.07. The first kappa shape index (κ1) is 18.4. The van der Waals surface area contributed by atoms with Crippen LogP contribution in [0.25, 0.3) is 0 Å². The van der Waals surface area contributed by atoms with Crippen molar-refractivity contribution < 1.29 is 17.9 Å². The van der Waals surface area contributed by atoms with E-state index in [2.05, 4.69) is 20.7 Å². The molecule has 0 aliphatic carbocycles. The number of rotatable bonds is 7. The number of carbonyl (C=O) groups excluding carboxylic acids is 1. The van der Waals surface area contributed by atoms with Gasteiger partial charge in [0.2, 0.25) is 15.9 Å². The number of benzene rings is 1. The molecule has 0 unspecified atom stereocenters. The summed E-state index contributed by atoms with van der Waals surface area (Å²) in [5.41, 5.74) is 1.39. The minimum absolute atomic E-state index is 0.0677. The largest absolute Gasteiger partial charge is 0.385 e. The van der Waals surface area contributed by atoms with Crippen LogP contribution in [0.1, 0.15) is 25.3 Å². The number of halogens is 1. The lowest BCUT2D eigenvalue weighted by Gasteiger charge is -2.20. The van der Waals surface area contributed by atoms with Crippen molar-refractivity contribution in [1.82, 2.24) is 4.72 Å². The summed E-state index contributed by atoms with van der Waals surface area (Å²) in [4.78, 5) is 13.8. The Morgan fingerprint density at radius 2 is 2.17 bits per heavy atom. The molecule has 6 nitrogen and oxygen atoms in total. The minimum atomic E-state index is -3.69. The number of carbonyl (C=O) groups is 1. The highest BCUT2D eigenvalue weighted by Gasteiger charge is 2.31. The van der Waals surface area contributed by atoms with Gasteiger partial charge in [0.05, 0.1) is 5.69 Å². The molecule has 0 atom stereocenters. The molecular weight excluding hydrogens is 384 g/mol. The van der Waals surface area contributed by atoms with E-state index >= 15 is 0 Å². The standard InChI is InChI=1S/C15H21BrN2O4S/c1-3-14(19)18-7-5-11-9-12(16)10-13(15(11)18)23(20,21)17-6-4-8-22-2/h9-10,17H,3-8H2,1-2H3. The van der Waals surface area contributed by atoms with Crippen molar-refractivity contribution in [1.29, 1.82) is 0 Å². The molecule has 1 amide bonds. The number of sulfonamides is 1. The smallest absolute Gasteiger partial charge is 0.242 e. The third kappa shape index (κ3) is 4.12. The van der Waals surface area contributed by atoms with E-state index in [4.69, 9.17) is 4.74 Å². The Morgan fingerprint density at radius 3 is 2.83 bits per heavy atom. The van der Waals surface area contributed by atoms with Gasteiger partial charge in [-0.3, -0.25) is 4.79 Å². The van der Waals surface area contributed by atoms with Gasteiger partial charge in [0.25, 0.3) is 0 Å². The minimum Gasteiger partial charge on any atom is -0.385 e. The summed E-state index contributed by atoms with van der Waals surface area (Å²) in [7, 11) is -2.12. The van der Waals surface area contributed by atoms with Crippen LogP contribution in [-0.2, 0) is 26.0 Å². The zero-order valence-electron chi connectivity index (χ0n) is 13.3. The molecule has 23 heavy (non-hydrogen) atoms. The van der Waals surface area contributed by atoms with Crippen LogP contribution in [0, 0.1) is 0 Å². The van der Waals surface area contributed by atoms with Crippen LogP contribution in [0.3, 0.4) is 0 Å². The molecule has 0 fully saturated rings. The molecule has 2 rings (SSSR count). The molecule has 0 radical (unpaired) electrons. The van der Waals surface area contributed by atoms with E-state index in [-0.39, 0.29) is 10.8 Å². The Bertz CT molecular complexity index is 691. The Balaban J connectivity index is 2.37. The first-order valence-electron chi connectivity index (χ1n) is 7.52. The summed E-state index contributed by atoms with van der Waals surface area (Å²) in [5, 5.41) is 0. The summed E-state index contributed by atoms with van der Waals surface area (Å²) >= 11 is 3.36. The van der Waals surface area contributed by atoms with Gasteiger partial charge in [0.1, 0.15) is 4.90 Å². The first-order chi connectivity index (χ1) is 10.9. The average molecular weight is 405 g/mol. The second kappa shape index (κ2) is 7.74. The molecule has 1 N–H and O–H groups in total. The Morgan fingerprint density at radius 1 is 1.43 bits per heavy atom. The highest BCUT2D eigenvalue weighted by atomic mass is 79.9. The lowest BCUT2D eigenvalue weighted by atomic mass is 10.2. The number of methoxy groups -OCH3 is 1. The van der Waals surface area contributed by atoms with Crippen molar-refractivity contribution in [2.45, 2.75) is 31.1 Å². The van der Waals surface area contributed by atoms with Crippen molar-refractivity contribution >= 4 is 37.5 Å². The van der Waals surface area contributed by atoms with E-state index in [0.29, 0.717) is 49.1 Å². The van der Waals surface area contributed by atoms with Crippen LogP contribution in [-0.4, -0.2) is 41.1 Å². The maximum Gasteiger partial charge on any atom is 0.242 e. The highest BCUT2D eigenvalue weighted by molar-refractivity contribution is 9.10. The fraction of sp³-hybridized carbons (Fsp3) is 0.533. The van der Waals surface area contributed by atoms with Crippen molar-refractivity contribution in [2.24, 2.45) is 0 Å². The van der Waals surface area contributed by atoms with Crippen molar-refractivity contribution in [3.63, 3.8) is 0 Å². The highest BCUT2D eigenvalue weighted by Crippen LogP contribution is 2.37. The molecule has 0 spiro atoms. The topological polar surface area (TPSA) is 75.7 Å². The fourth-order valence-corrected chi connectivity index (χ4v) is 4.62. The van der Waals surface area contributed by atoms with Gasteiger partial charge < -0.3 is 9.64 Å². The first-order valence-corrected chi connectivity index (χ1v) is 9.79. The molecule has 0 bridgehead atoms. The summed E-state index contributed by atoms with van der Waals surface area (Å²) in [5.74, 6) is -0.0677. The zero-order chi connectivity index (χ0) is 17.0. The number of nitrogens with one attached hydrogen (secondary N) is 1. The van der Waals surface area contributed by atoms with E-state index in [1.165, 1.54) is 0 Å². The van der Waals surface area contributed by atoms with E-state index in [0.717, 1.165) is 5.56 Å². The van der Waals surface area contributed by atoms with Gasteiger partial charge in [-0.2, -0.15) is 0 Å². The number of amides is 1. The molecule has 1 aromatic carbocycles. The maximum absolute atomic E-state index is 12.7. The van der Waals surface area contributed by atoms with Gasteiger partial charge in [-0.05, 0) is 30.5 Å². The molecule has 0 aromatic heterocycles. The fourth-order valence-electron chi connectivity index (χ4n) is 2.62. The number of fused-ring (bicyclic) bond motifs is 1. The lowest BCUT2D eigenvalue weighted by molar-refractivity contribution is -0.118. The van der Waals surface area contributed by atoms with Crippen LogP contribution < -0.4 is 9.62 Å². The molecular formula is C15H21BrN2O4S. The third-order valence-electron chi connectivity index (χ3n) is 3.70. The van der Waals surface area contributed by atoms with Crippen LogP contribution in [0.4, 0.5) is 5.69 Å². The molecule has 1 heterocycles. The lowest BCUT2D eigenvalue weighted by Crippen LogP contribution is -2.31. The van der Waals surface area contributed by atoms with Gasteiger partial charge in [0, 0.05) is 37.7 Å². The van der Waals surface area contributed by atoms with E-state index < -0.39 is 10.0 Å². The summed E-state index contributed by atoms with van der Waals surface area (Å²) < 4.78 is 33.5. The van der Waals surface area contributed by atoms with Crippen LogP contribution in [0.2, 0.25) is 0 Å². The van der Waals surface area contributed by atoms with E-state index in [9.17, 15) is 13.2 Å². The average Bonchev–Trinajstić information content (AvgIpc) is 2.93. The van der Waals surface area contributed by atoms with Crippen molar-refractivity contribution in [3.05, 3.63) is 22.2 Å². The van der Waals surface area contributed by atoms with Gasteiger partial charge in [-0.15, -0.1) is 0 Å². The molecule has 1 aliphatic rings. The summed E-state index contributed by atoms with van der Waals surface area (Å²) in [6.07, 6.45) is 1.59. The van der Waals surface area contributed by atoms with Crippen molar-refractivity contribution in [3.8, 4) is 0 Å². The molecule has 8 heteroatoms. The maximum atomic E-state index is 12.7. The molecule has 1 aromatic rings. The molecule has 1 aliphatic heterocycles. The van der Waals surface area contributed by atoms with E-state index in [1.54, 1.807) is 25.0 Å². The molecule has 128 valence electrons. The molecule has 0 saturated carbocycles. The van der Waals surface area contributed by atoms with E-state index in [1.807, 2.05) is 6.07 Å². The predicted octanol–water partition coefficient (Wildman–Crippen LogP) is 2.06. The second-order valence-corrected chi connectivity index (χ2v) is 7.96. The Labute approximate surface area is 145 Å². The SMILES string of the molecule is CCC(=O)N1CCc2cc(Br)cc(S(=O)(=O)NCCCOC)c21. The quantitative estimate of drug-likeness (QED) is 0.705. The number of hydrogen-bond acceptors (Lipinski definition) is 4. The molecule has 0 saturated heterocycles. The summed E-state index contributed by atoms with van der Waals surface area (Å²) in [6, 6.07) is 3.43. The predicted molar refractivity (Wildman–Crippen MR) is 92.2 cm³/mol. The van der Waals surface area contributed by atoms with Gasteiger partial charge in [0.15, 0.2) is 0 Å². The monoisotopic (exact) mass is 404 g/mol. The van der Waals surface area contributed by atoms with Gasteiger partial charge in [-0.1, -0.05) is 22.9 Å². The Hall–Kier alpha value is -0.960. The number of nitrogens with zero attached hydrogens (tertiary/aromatic N) is 1.